The van der Waals surface area contributed by atoms with Crippen LogP contribution in [0.15, 0.2) is 54.6 Å². The second kappa shape index (κ2) is 8.72. The van der Waals surface area contributed by atoms with Crippen LogP contribution in [0.1, 0.15) is 36.8 Å². The van der Waals surface area contributed by atoms with E-state index in [-0.39, 0.29) is 11.8 Å². The van der Waals surface area contributed by atoms with Gasteiger partial charge in [-0.2, -0.15) is 0 Å². The molecule has 0 bridgehead atoms. The first-order chi connectivity index (χ1) is 11.6. The van der Waals surface area contributed by atoms with Crippen molar-refractivity contribution in [2.45, 2.75) is 32.2 Å². The van der Waals surface area contributed by atoms with Crippen molar-refractivity contribution in [2.24, 2.45) is 5.73 Å². The fourth-order valence-corrected chi connectivity index (χ4v) is 2.62. The van der Waals surface area contributed by atoms with E-state index in [0.29, 0.717) is 18.7 Å². The van der Waals surface area contributed by atoms with Crippen LogP contribution in [0.25, 0.3) is 0 Å². The van der Waals surface area contributed by atoms with Gasteiger partial charge in [-0.05, 0) is 35.6 Å². The summed E-state index contributed by atoms with van der Waals surface area (Å²) >= 11 is 0. The number of amides is 3. The number of carbonyl (C=O) groups excluding carboxylic acids is 2. The van der Waals surface area contributed by atoms with E-state index in [1.165, 1.54) is 5.56 Å². The number of carbonyl (C=O) groups is 2. The Kier molecular flexibility index (Phi) is 6.37. The number of nitrogens with two attached hydrogens (primary N) is 1. The minimum atomic E-state index is -0.607. The van der Waals surface area contributed by atoms with Gasteiger partial charge in [0.15, 0.2) is 0 Å². The normalized spacial score (nSPS) is 11.5. The lowest BCUT2D eigenvalue weighted by Crippen LogP contribution is -2.24. The molecule has 24 heavy (non-hydrogen) atoms. The Bertz CT molecular complexity index is 686. The van der Waals surface area contributed by atoms with Gasteiger partial charge in [0.25, 0.3) is 0 Å². The summed E-state index contributed by atoms with van der Waals surface area (Å²) in [7, 11) is 0. The maximum Gasteiger partial charge on any atom is 0.316 e. The van der Waals surface area contributed by atoms with Crippen LogP contribution in [-0.2, 0) is 11.3 Å². The van der Waals surface area contributed by atoms with Crippen molar-refractivity contribution in [3.05, 3.63) is 65.7 Å². The van der Waals surface area contributed by atoms with E-state index in [0.717, 1.165) is 12.0 Å². The molecule has 0 aliphatic rings. The average molecular weight is 325 g/mol. The second-order valence-corrected chi connectivity index (χ2v) is 5.69. The van der Waals surface area contributed by atoms with Gasteiger partial charge in [-0.15, -0.1) is 0 Å². The van der Waals surface area contributed by atoms with Crippen LogP contribution in [0.5, 0.6) is 0 Å². The van der Waals surface area contributed by atoms with Crippen LogP contribution in [0.4, 0.5) is 10.5 Å². The zero-order chi connectivity index (χ0) is 17.4. The Morgan fingerprint density at radius 3 is 2.50 bits per heavy atom. The molecule has 0 aliphatic heterocycles. The van der Waals surface area contributed by atoms with E-state index in [4.69, 9.17) is 5.73 Å². The standard InChI is InChI=1S/C19H23N3O2/c1-2-15(16-8-4-3-5-9-16)12-18(23)21-13-14-7-6-10-17(11-14)22-19(20)24/h3-11,15H,2,12-13H2,1H3,(H,21,23)(H3,20,22,24)/t15-/m1/s1. The molecule has 0 saturated carbocycles. The van der Waals surface area contributed by atoms with Crippen LogP contribution < -0.4 is 16.4 Å². The molecule has 2 aromatic rings. The minimum Gasteiger partial charge on any atom is -0.352 e. The third kappa shape index (κ3) is 5.43. The number of hydrogen-bond donors (Lipinski definition) is 3. The number of urea groups is 1. The Morgan fingerprint density at radius 2 is 1.83 bits per heavy atom. The van der Waals surface area contributed by atoms with Crippen LogP contribution in [0.3, 0.4) is 0 Å². The van der Waals surface area contributed by atoms with E-state index in [9.17, 15) is 9.59 Å². The molecule has 0 spiro atoms. The molecule has 0 heterocycles. The van der Waals surface area contributed by atoms with Crippen LogP contribution in [0, 0.1) is 0 Å². The number of anilines is 1. The van der Waals surface area contributed by atoms with Crippen molar-refractivity contribution in [3.8, 4) is 0 Å². The molecule has 4 N–H and O–H groups in total. The van der Waals surface area contributed by atoms with Gasteiger partial charge < -0.3 is 16.4 Å². The topological polar surface area (TPSA) is 84.2 Å². The number of primary amides is 1. The summed E-state index contributed by atoms with van der Waals surface area (Å²) < 4.78 is 0. The quantitative estimate of drug-likeness (QED) is 0.729. The van der Waals surface area contributed by atoms with Gasteiger partial charge in [-0.3, -0.25) is 4.79 Å². The molecular formula is C19H23N3O2. The molecular weight excluding hydrogens is 302 g/mol. The molecule has 0 fully saturated rings. The highest BCUT2D eigenvalue weighted by atomic mass is 16.2. The first-order valence-electron chi connectivity index (χ1n) is 8.05. The lowest BCUT2D eigenvalue weighted by Gasteiger charge is -2.15. The molecule has 0 aliphatic carbocycles. The predicted molar refractivity (Wildman–Crippen MR) is 95.6 cm³/mol. The molecule has 5 nitrogen and oxygen atoms in total. The van der Waals surface area contributed by atoms with E-state index >= 15 is 0 Å². The largest absolute Gasteiger partial charge is 0.352 e. The Hall–Kier alpha value is -2.82. The summed E-state index contributed by atoms with van der Waals surface area (Å²) in [6.45, 7) is 2.50. The van der Waals surface area contributed by atoms with Crippen LogP contribution in [-0.4, -0.2) is 11.9 Å². The van der Waals surface area contributed by atoms with E-state index in [1.807, 2.05) is 30.3 Å². The van der Waals surface area contributed by atoms with Crippen molar-refractivity contribution in [1.82, 2.24) is 5.32 Å². The van der Waals surface area contributed by atoms with Crippen LogP contribution in [0.2, 0.25) is 0 Å². The molecule has 0 aromatic heterocycles. The monoisotopic (exact) mass is 325 g/mol. The molecule has 0 unspecified atom stereocenters. The third-order valence-corrected chi connectivity index (χ3v) is 3.88. The molecule has 3 amide bonds. The highest BCUT2D eigenvalue weighted by molar-refractivity contribution is 5.87. The first-order valence-corrected chi connectivity index (χ1v) is 8.05. The van der Waals surface area contributed by atoms with Gasteiger partial charge in [0.2, 0.25) is 5.91 Å². The Morgan fingerprint density at radius 1 is 1.08 bits per heavy atom. The average Bonchev–Trinajstić information content (AvgIpc) is 2.58. The fourth-order valence-electron chi connectivity index (χ4n) is 2.62. The van der Waals surface area contributed by atoms with E-state index in [2.05, 4.69) is 29.7 Å². The van der Waals surface area contributed by atoms with Crippen molar-refractivity contribution in [1.29, 1.82) is 0 Å². The Labute approximate surface area is 142 Å². The molecule has 0 radical (unpaired) electrons. The maximum atomic E-state index is 12.2. The van der Waals surface area contributed by atoms with Gasteiger partial charge in [0, 0.05) is 18.7 Å². The van der Waals surface area contributed by atoms with E-state index < -0.39 is 6.03 Å². The van der Waals surface area contributed by atoms with Crippen molar-refractivity contribution in [3.63, 3.8) is 0 Å². The van der Waals surface area contributed by atoms with Crippen molar-refractivity contribution >= 4 is 17.6 Å². The van der Waals surface area contributed by atoms with Gasteiger partial charge in [-0.25, -0.2) is 4.79 Å². The number of rotatable bonds is 7. The smallest absolute Gasteiger partial charge is 0.316 e. The van der Waals surface area contributed by atoms with Crippen LogP contribution >= 0.6 is 0 Å². The summed E-state index contributed by atoms with van der Waals surface area (Å²) in [6.07, 6.45) is 1.37. The first kappa shape index (κ1) is 17.5. The highest BCUT2D eigenvalue weighted by Crippen LogP contribution is 2.22. The minimum absolute atomic E-state index is 0.0129. The third-order valence-electron chi connectivity index (χ3n) is 3.88. The lowest BCUT2D eigenvalue weighted by atomic mass is 9.93. The summed E-state index contributed by atoms with van der Waals surface area (Å²) in [6, 6.07) is 16.7. The van der Waals surface area contributed by atoms with Gasteiger partial charge in [-0.1, -0.05) is 49.4 Å². The maximum absolute atomic E-state index is 12.2. The molecule has 2 aromatic carbocycles. The summed E-state index contributed by atoms with van der Waals surface area (Å²) in [5.74, 6) is 0.230. The molecule has 1 atom stereocenters. The SMILES string of the molecule is CC[C@H](CC(=O)NCc1cccc(NC(N)=O)c1)c1ccccc1. The summed E-state index contributed by atoms with van der Waals surface area (Å²) in [4.78, 5) is 23.1. The molecule has 126 valence electrons. The van der Waals surface area contributed by atoms with Crippen molar-refractivity contribution in [2.75, 3.05) is 5.32 Å². The zero-order valence-corrected chi connectivity index (χ0v) is 13.8. The van der Waals surface area contributed by atoms with Gasteiger partial charge >= 0.3 is 6.03 Å². The highest BCUT2D eigenvalue weighted by Gasteiger charge is 2.13. The predicted octanol–water partition coefficient (Wildman–Crippen LogP) is 3.38. The zero-order valence-electron chi connectivity index (χ0n) is 13.8. The van der Waals surface area contributed by atoms with Gasteiger partial charge in [0.1, 0.15) is 0 Å². The lowest BCUT2D eigenvalue weighted by molar-refractivity contribution is -0.121. The summed E-state index contributed by atoms with van der Waals surface area (Å²) in [5.41, 5.74) is 7.81. The fraction of sp³-hybridized carbons (Fsp3) is 0.263. The Balaban J connectivity index is 1.89. The molecule has 5 heteroatoms. The number of benzene rings is 2. The number of hydrogen-bond acceptors (Lipinski definition) is 2. The van der Waals surface area contributed by atoms with Crippen molar-refractivity contribution < 1.29 is 9.59 Å². The molecule has 0 saturated heterocycles. The number of nitrogens with one attached hydrogen (secondary N) is 2. The van der Waals surface area contributed by atoms with Gasteiger partial charge in [0.05, 0.1) is 0 Å². The summed E-state index contributed by atoms with van der Waals surface area (Å²) in [5, 5.41) is 5.45. The second-order valence-electron chi connectivity index (χ2n) is 5.69. The molecule has 2 rings (SSSR count). The van der Waals surface area contributed by atoms with E-state index in [1.54, 1.807) is 12.1 Å².